The first kappa shape index (κ1) is 26.3. The number of fused-ring (bicyclic) bond motifs is 2. The predicted octanol–water partition coefficient (Wildman–Crippen LogP) is 8.00. The van der Waals surface area contributed by atoms with E-state index in [1.165, 1.54) is 16.7 Å². The van der Waals surface area contributed by atoms with Crippen molar-refractivity contribution in [3.63, 3.8) is 0 Å². The van der Waals surface area contributed by atoms with E-state index in [9.17, 15) is 4.79 Å². The minimum atomic E-state index is -0.0464. The lowest BCUT2D eigenvalue weighted by molar-refractivity contribution is 0.0784. The number of halogens is 3. The second-order valence-corrected chi connectivity index (χ2v) is 11.4. The zero-order valence-electron chi connectivity index (χ0n) is 20.9. The number of benzene rings is 3. The quantitative estimate of drug-likeness (QED) is 0.321. The Hall–Kier alpha value is -2.30. The van der Waals surface area contributed by atoms with Crippen molar-refractivity contribution in [1.82, 2.24) is 10.2 Å². The second kappa shape index (κ2) is 11.2. The molecule has 0 aromatic heterocycles. The molecule has 2 aliphatic rings. The van der Waals surface area contributed by atoms with E-state index in [1.807, 2.05) is 31.3 Å². The normalized spacial score (nSPS) is 16.8. The molecule has 0 saturated carbocycles. The standard InChI is InChI=1S/C31H31Cl3N2O/c1-36(30(37)23-6-4-7-26(32)18-23)20-24(21-10-12-28(33)29(34)19-21)9-11-25-17-22-5-2-3-8-27(22)31(25)13-15-35-16-14-31/h2-8,10,12,17-19,24,35H,9,11,13-16,20H2,1H3/t24-/m1/s1. The summed E-state index contributed by atoms with van der Waals surface area (Å²) in [6.45, 7) is 2.62. The number of nitrogens with zero attached hydrogens (tertiary/aromatic N) is 1. The highest BCUT2D eigenvalue weighted by atomic mass is 35.5. The Morgan fingerprint density at radius 1 is 0.973 bits per heavy atom. The van der Waals surface area contributed by atoms with Crippen LogP contribution in [0.4, 0.5) is 0 Å². The molecule has 3 aromatic carbocycles. The van der Waals surface area contributed by atoms with Gasteiger partial charge in [-0.25, -0.2) is 0 Å². The van der Waals surface area contributed by atoms with Gasteiger partial charge >= 0.3 is 0 Å². The van der Waals surface area contributed by atoms with Gasteiger partial charge in [0, 0.05) is 35.5 Å². The molecule has 1 heterocycles. The van der Waals surface area contributed by atoms with Crippen molar-refractivity contribution in [2.24, 2.45) is 0 Å². The summed E-state index contributed by atoms with van der Waals surface area (Å²) in [5, 5.41) is 5.17. The van der Waals surface area contributed by atoms with Crippen molar-refractivity contribution < 1.29 is 4.79 Å². The van der Waals surface area contributed by atoms with E-state index in [1.54, 1.807) is 23.1 Å². The lowest BCUT2D eigenvalue weighted by Crippen LogP contribution is -2.40. The average Bonchev–Trinajstić information content (AvgIpc) is 3.20. The lowest BCUT2D eigenvalue weighted by Gasteiger charge is -2.38. The zero-order valence-corrected chi connectivity index (χ0v) is 23.2. The van der Waals surface area contributed by atoms with Crippen molar-refractivity contribution in [3.05, 3.63) is 110 Å². The van der Waals surface area contributed by atoms with E-state index in [0.29, 0.717) is 27.2 Å². The monoisotopic (exact) mass is 552 g/mol. The molecular formula is C31H31Cl3N2O. The minimum Gasteiger partial charge on any atom is -0.341 e. The highest BCUT2D eigenvalue weighted by molar-refractivity contribution is 6.42. The van der Waals surface area contributed by atoms with Crippen LogP contribution in [0.5, 0.6) is 0 Å². The van der Waals surface area contributed by atoms with Gasteiger partial charge in [0.15, 0.2) is 0 Å². The van der Waals surface area contributed by atoms with E-state index in [-0.39, 0.29) is 17.2 Å². The molecule has 1 aliphatic carbocycles. The molecule has 0 radical (unpaired) electrons. The Morgan fingerprint density at radius 2 is 1.76 bits per heavy atom. The van der Waals surface area contributed by atoms with Crippen LogP contribution < -0.4 is 5.32 Å². The molecular weight excluding hydrogens is 523 g/mol. The van der Waals surface area contributed by atoms with E-state index in [2.05, 4.69) is 35.7 Å². The van der Waals surface area contributed by atoms with Crippen LogP contribution in [0.2, 0.25) is 15.1 Å². The van der Waals surface area contributed by atoms with Gasteiger partial charge in [-0.15, -0.1) is 0 Å². The smallest absolute Gasteiger partial charge is 0.253 e. The van der Waals surface area contributed by atoms with Gasteiger partial charge in [-0.05, 0) is 85.8 Å². The molecule has 1 amide bonds. The zero-order chi connectivity index (χ0) is 26.0. The fourth-order valence-corrected chi connectivity index (χ4v) is 6.52. The van der Waals surface area contributed by atoms with Crippen LogP contribution in [0.3, 0.4) is 0 Å². The molecule has 3 nitrogen and oxygen atoms in total. The molecule has 1 atom stereocenters. The minimum absolute atomic E-state index is 0.0464. The summed E-state index contributed by atoms with van der Waals surface area (Å²) >= 11 is 18.8. The third-order valence-corrected chi connectivity index (χ3v) is 8.94. The number of carbonyl (C=O) groups excluding carboxylic acids is 1. The molecule has 5 rings (SSSR count). The second-order valence-electron chi connectivity index (χ2n) is 10.2. The van der Waals surface area contributed by atoms with Crippen LogP contribution in [0, 0.1) is 0 Å². The summed E-state index contributed by atoms with van der Waals surface area (Å²) in [4.78, 5) is 15.0. The van der Waals surface area contributed by atoms with Crippen molar-refractivity contribution in [2.75, 3.05) is 26.7 Å². The molecule has 1 aliphatic heterocycles. The maximum absolute atomic E-state index is 13.2. The average molecular weight is 554 g/mol. The molecule has 1 N–H and O–H groups in total. The van der Waals surface area contributed by atoms with Gasteiger partial charge in [0.1, 0.15) is 0 Å². The Labute approximate surface area is 234 Å². The van der Waals surface area contributed by atoms with Crippen molar-refractivity contribution >= 4 is 46.8 Å². The SMILES string of the molecule is CN(C[C@@H](CCC1=Cc2ccccc2C12CCNCC2)c1ccc(Cl)c(Cl)c1)C(=O)c1cccc(Cl)c1. The van der Waals surface area contributed by atoms with Crippen LogP contribution in [0.15, 0.2) is 72.3 Å². The van der Waals surface area contributed by atoms with Crippen LogP contribution in [-0.4, -0.2) is 37.5 Å². The molecule has 6 heteroatoms. The number of nitrogens with one attached hydrogen (secondary N) is 1. The van der Waals surface area contributed by atoms with Crippen LogP contribution in [0.25, 0.3) is 6.08 Å². The van der Waals surface area contributed by atoms with E-state index in [0.717, 1.165) is 44.3 Å². The van der Waals surface area contributed by atoms with E-state index >= 15 is 0 Å². The summed E-state index contributed by atoms with van der Waals surface area (Å²) < 4.78 is 0. The van der Waals surface area contributed by atoms with E-state index < -0.39 is 0 Å². The molecule has 3 aromatic rings. The maximum Gasteiger partial charge on any atom is 0.253 e. The summed E-state index contributed by atoms with van der Waals surface area (Å²) in [5.74, 6) is 0.0566. The molecule has 1 spiro atoms. The Kier molecular flexibility index (Phi) is 7.97. The number of carbonyl (C=O) groups is 1. The molecule has 1 saturated heterocycles. The number of hydrogen-bond donors (Lipinski definition) is 1. The molecule has 192 valence electrons. The molecule has 0 bridgehead atoms. The highest BCUT2D eigenvalue weighted by Gasteiger charge is 2.41. The van der Waals surface area contributed by atoms with Gasteiger partial charge in [-0.3, -0.25) is 4.79 Å². The number of likely N-dealkylation sites (N-methyl/N-ethyl adjacent to an activating group) is 1. The van der Waals surface area contributed by atoms with Gasteiger partial charge in [-0.1, -0.05) is 82.9 Å². The summed E-state index contributed by atoms with van der Waals surface area (Å²) in [6, 6.07) is 21.8. The van der Waals surface area contributed by atoms with Gasteiger partial charge in [0.25, 0.3) is 5.91 Å². The number of amides is 1. The van der Waals surface area contributed by atoms with Crippen molar-refractivity contribution in [1.29, 1.82) is 0 Å². The van der Waals surface area contributed by atoms with Crippen molar-refractivity contribution in [3.8, 4) is 0 Å². The lowest BCUT2D eigenvalue weighted by atomic mass is 9.69. The van der Waals surface area contributed by atoms with Crippen molar-refractivity contribution in [2.45, 2.75) is 37.0 Å². The van der Waals surface area contributed by atoms with Gasteiger partial charge in [0.2, 0.25) is 0 Å². The Morgan fingerprint density at radius 3 is 2.51 bits per heavy atom. The highest BCUT2D eigenvalue weighted by Crippen LogP contribution is 2.50. The summed E-state index contributed by atoms with van der Waals surface area (Å²) in [6.07, 6.45) is 6.49. The third-order valence-electron chi connectivity index (χ3n) is 7.97. The first-order valence-corrected chi connectivity index (χ1v) is 14.0. The summed E-state index contributed by atoms with van der Waals surface area (Å²) in [7, 11) is 1.85. The van der Waals surface area contributed by atoms with Crippen LogP contribution in [-0.2, 0) is 5.41 Å². The fourth-order valence-electron chi connectivity index (χ4n) is 6.03. The summed E-state index contributed by atoms with van der Waals surface area (Å²) in [5.41, 5.74) is 6.10. The molecule has 37 heavy (non-hydrogen) atoms. The number of piperidine rings is 1. The largest absolute Gasteiger partial charge is 0.341 e. The number of allylic oxidation sites excluding steroid dienone is 1. The Bertz CT molecular complexity index is 1330. The van der Waals surface area contributed by atoms with Crippen LogP contribution in [0.1, 0.15) is 58.6 Å². The maximum atomic E-state index is 13.2. The Balaban J connectivity index is 1.40. The number of hydrogen-bond acceptors (Lipinski definition) is 2. The van der Waals surface area contributed by atoms with Crippen LogP contribution >= 0.6 is 34.8 Å². The van der Waals surface area contributed by atoms with E-state index in [4.69, 9.17) is 34.8 Å². The first-order valence-electron chi connectivity index (χ1n) is 12.8. The van der Waals surface area contributed by atoms with Gasteiger partial charge in [0.05, 0.1) is 10.0 Å². The predicted molar refractivity (Wildman–Crippen MR) is 155 cm³/mol. The topological polar surface area (TPSA) is 32.3 Å². The number of rotatable bonds is 7. The third kappa shape index (κ3) is 5.47. The molecule has 1 fully saturated rings. The van der Waals surface area contributed by atoms with Gasteiger partial charge in [-0.2, -0.15) is 0 Å². The fraction of sp³-hybridized carbons (Fsp3) is 0.323. The van der Waals surface area contributed by atoms with Gasteiger partial charge < -0.3 is 10.2 Å². The first-order chi connectivity index (χ1) is 17.9. The molecule has 0 unspecified atom stereocenters.